The Bertz CT molecular complexity index is 453. The molecule has 1 N–H and O–H groups in total. The third kappa shape index (κ3) is 4.53. The highest BCUT2D eigenvalue weighted by Crippen LogP contribution is 2.29. The number of benzene rings is 1. The summed E-state index contributed by atoms with van der Waals surface area (Å²) in [6.07, 6.45) is 4.72. The van der Waals surface area contributed by atoms with Crippen molar-refractivity contribution >= 4 is 28.0 Å². The van der Waals surface area contributed by atoms with Gasteiger partial charge >= 0.3 is 5.97 Å². The van der Waals surface area contributed by atoms with Crippen LogP contribution in [-0.4, -0.2) is 17.7 Å². The molecule has 0 radical (unpaired) electrons. The molecule has 1 rings (SSSR count). The van der Waals surface area contributed by atoms with Gasteiger partial charge in [-0.1, -0.05) is 29.3 Å². The second-order valence-electron chi connectivity index (χ2n) is 4.01. The van der Waals surface area contributed by atoms with Gasteiger partial charge in [-0.05, 0) is 37.1 Å². The largest absolute Gasteiger partial charge is 0.493 e. The molecule has 98 valence electrons. The minimum atomic E-state index is -0.966. The number of carboxylic acid groups (broad SMARTS) is 1. The van der Waals surface area contributed by atoms with Crippen LogP contribution in [0.1, 0.15) is 30.9 Å². The van der Waals surface area contributed by atoms with Gasteiger partial charge < -0.3 is 9.84 Å². The molecule has 4 heteroatoms. The van der Waals surface area contributed by atoms with Gasteiger partial charge in [0.2, 0.25) is 0 Å². The van der Waals surface area contributed by atoms with Crippen molar-refractivity contribution in [3.05, 3.63) is 33.8 Å². The van der Waals surface area contributed by atoms with Crippen molar-refractivity contribution in [1.29, 1.82) is 0 Å². The van der Waals surface area contributed by atoms with Crippen molar-refractivity contribution in [2.45, 2.75) is 26.7 Å². The molecule has 0 bridgehead atoms. The molecule has 0 atom stereocenters. The summed E-state index contributed by atoms with van der Waals surface area (Å²) in [6, 6.07) is 3.81. The molecule has 0 fully saturated rings. The average Bonchev–Trinajstić information content (AvgIpc) is 2.29. The van der Waals surface area contributed by atoms with Crippen molar-refractivity contribution in [2.24, 2.45) is 0 Å². The van der Waals surface area contributed by atoms with Crippen molar-refractivity contribution in [2.75, 3.05) is 6.61 Å². The maximum absolute atomic E-state index is 10.6. The molecule has 0 saturated carbocycles. The summed E-state index contributed by atoms with van der Waals surface area (Å²) in [4.78, 5) is 10.6. The number of aliphatic carboxylic acids is 1. The highest BCUT2D eigenvalue weighted by molar-refractivity contribution is 9.10. The second-order valence-corrected chi connectivity index (χ2v) is 4.93. The molecular weight excluding hydrogens is 296 g/mol. The smallest absolute Gasteiger partial charge is 0.328 e. The van der Waals surface area contributed by atoms with Gasteiger partial charge in [0, 0.05) is 16.1 Å². The van der Waals surface area contributed by atoms with Crippen molar-refractivity contribution in [1.82, 2.24) is 0 Å². The number of carboxylic acids is 1. The molecule has 0 amide bonds. The Kier molecular flexibility index (Phi) is 5.92. The second kappa shape index (κ2) is 7.21. The molecule has 3 nitrogen and oxygen atoms in total. The predicted octanol–water partition coefficient (Wildman–Crippen LogP) is 4.03. The van der Waals surface area contributed by atoms with Gasteiger partial charge in [0.25, 0.3) is 0 Å². The van der Waals surface area contributed by atoms with E-state index in [2.05, 4.69) is 22.9 Å². The summed E-state index contributed by atoms with van der Waals surface area (Å²) < 4.78 is 6.64. The maximum Gasteiger partial charge on any atom is 0.328 e. The van der Waals surface area contributed by atoms with Crippen LogP contribution in [0.3, 0.4) is 0 Å². The first-order valence-electron chi connectivity index (χ1n) is 5.88. The Balaban J connectivity index is 3.00. The number of halogens is 1. The lowest BCUT2D eigenvalue weighted by Crippen LogP contribution is -2.00. The third-order valence-corrected chi connectivity index (χ3v) is 2.88. The van der Waals surface area contributed by atoms with E-state index in [1.54, 1.807) is 6.08 Å². The van der Waals surface area contributed by atoms with Gasteiger partial charge in [0.05, 0.1) is 6.61 Å². The highest BCUT2D eigenvalue weighted by Gasteiger charge is 2.07. The fraction of sp³-hybridized carbons (Fsp3) is 0.357. The fourth-order valence-electron chi connectivity index (χ4n) is 1.56. The first kappa shape index (κ1) is 14.8. The van der Waals surface area contributed by atoms with Gasteiger partial charge in [-0.25, -0.2) is 4.79 Å². The van der Waals surface area contributed by atoms with E-state index in [1.807, 2.05) is 19.1 Å². The quantitative estimate of drug-likeness (QED) is 0.637. The van der Waals surface area contributed by atoms with Gasteiger partial charge in [-0.3, -0.25) is 0 Å². The van der Waals surface area contributed by atoms with E-state index in [4.69, 9.17) is 9.84 Å². The van der Waals surface area contributed by atoms with Crippen LogP contribution >= 0.6 is 15.9 Å². The normalized spacial score (nSPS) is 10.8. The number of ether oxygens (including phenoxy) is 1. The Labute approximate surface area is 116 Å². The number of carbonyl (C=O) groups is 1. The van der Waals surface area contributed by atoms with Gasteiger partial charge in [-0.15, -0.1) is 0 Å². The molecular formula is C14H17BrO3. The Morgan fingerprint density at radius 3 is 2.83 bits per heavy atom. The number of rotatable bonds is 6. The average molecular weight is 313 g/mol. The summed E-state index contributed by atoms with van der Waals surface area (Å²) in [5, 5.41) is 8.68. The predicted molar refractivity (Wildman–Crippen MR) is 76.0 cm³/mol. The monoisotopic (exact) mass is 312 g/mol. The molecule has 1 aromatic carbocycles. The summed E-state index contributed by atoms with van der Waals surface area (Å²) in [5.74, 6) is -0.212. The molecule has 0 aliphatic heterocycles. The zero-order valence-electron chi connectivity index (χ0n) is 10.6. The van der Waals surface area contributed by atoms with Crippen LogP contribution in [0.2, 0.25) is 0 Å². The van der Waals surface area contributed by atoms with Crippen molar-refractivity contribution in [3.8, 4) is 5.75 Å². The molecule has 0 aliphatic carbocycles. The van der Waals surface area contributed by atoms with Gasteiger partial charge in [0.1, 0.15) is 5.75 Å². The first-order valence-corrected chi connectivity index (χ1v) is 6.68. The van der Waals surface area contributed by atoms with Crippen LogP contribution in [0.15, 0.2) is 22.7 Å². The SMILES string of the molecule is CCCCOc1c(C)cc(Br)cc1/C=C/C(=O)O. The molecule has 0 aromatic heterocycles. The zero-order chi connectivity index (χ0) is 13.5. The van der Waals surface area contributed by atoms with Gasteiger partial charge in [-0.2, -0.15) is 0 Å². The van der Waals surface area contributed by atoms with Crippen LogP contribution in [0.5, 0.6) is 5.75 Å². The Morgan fingerprint density at radius 1 is 1.50 bits per heavy atom. The van der Waals surface area contributed by atoms with Crippen LogP contribution < -0.4 is 4.74 Å². The number of hydrogen-bond donors (Lipinski definition) is 1. The first-order chi connectivity index (χ1) is 8.54. The summed E-state index contributed by atoms with van der Waals surface area (Å²) >= 11 is 3.40. The summed E-state index contributed by atoms with van der Waals surface area (Å²) in [5.41, 5.74) is 1.77. The molecule has 18 heavy (non-hydrogen) atoms. The van der Waals surface area contributed by atoms with Crippen LogP contribution in [0, 0.1) is 6.92 Å². The molecule has 0 heterocycles. The summed E-state index contributed by atoms with van der Waals surface area (Å²) in [6.45, 7) is 4.69. The third-order valence-electron chi connectivity index (χ3n) is 2.42. The lowest BCUT2D eigenvalue weighted by atomic mass is 10.1. The number of hydrogen-bond acceptors (Lipinski definition) is 2. The van der Waals surface area contributed by atoms with E-state index in [-0.39, 0.29) is 0 Å². The van der Waals surface area contributed by atoms with E-state index in [0.717, 1.165) is 40.3 Å². The van der Waals surface area contributed by atoms with Crippen molar-refractivity contribution < 1.29 is 14.6 Å². The molecule has 1 aromatic rings. The Morgan fingerprint density at radius 2 is 2.22 bits per heavy atom. The van der Waals surface area contributed by atoms with E-state index in [1.165, 1.54) is 0 Å². The standard InChI is InChI=1S/C14H17BrO3/c1-3-4-7-18-14-10(2)8-12(15)9-11(14)5-6-13(16)17/h5-6,8-9H,3-4,7H2,1-2H3,(H,16,17)/b6-5+. The lowest BCUT2D eigenvalue weighted by Gasteiger charge is -2.12. The summed E-state index contributed by atoms with van der Waals surface area (Å²) in [7, 11) is 0. The van der Waals surface area contributed by atoms with E-state index < -0.39 is 5.97 Å². The maximum atomic E-state index is 10.6. The van der Waals surface area contributed by atoms with E-state index in [0.29, 0.717) is 6.61 Å². The lowest BCUT2D eigenvalue weighted by molar-refractivity contribution is -0.131. The molecule has 0 aliphatic rings. The molecule has 0 saturated heterocycles. The van der Waals surface area contributed by atoms with Crippen molar-refractivity contribution in [3.63, 3.8) is 0 Å². The molecule has 0 unspecified atom stereocenters. The van der Waals surface area contributed by atoms with Crippen LogP contribution in [-0.2, 0) is 4.79 Å². The fourth-order valence-corrected chi connectivity index (χ4v) is 2.15. The number of aryl methyl sites for hydroxylation is 1. The minimum Gasteiger partial charge on any atom is -0.493 e. The van der Waals surface area contributed by atoms with E-state index in [9.17, 15) is 4.79 Å². The van der Waals surface area contributed by atoms with Gasteiger partial charge in [0.15, 0.2) is 0 Å². The van der Waals surface area contributed by atoms with Crippen LogP contribution in [0.4, 0.5) is 0 Å². The Hall–Kier alpha value is -1.29. The number of unbranched alkanes of at least 4 members (excludes halogenated alkanes) is 1. The highest BCUT2D eigenvalue weighted by atomic mass is 79.9. The zero-order valence-corrected chi connectivity index (χ0v) is 12.2. The molecule has 0 spiro atoms. The van der Waals surface area contributed by atoms with Crippen LogP contribution in [0.25, 0.3) is 6.08 Å². The van der Waals surface area contributed by atoms with E-state index >= 15 is 0 Å². The minimum absolute atomic E-state index is 0.646. The topological polar surface area (TPSA) is 46.5 Å².